The van der Waals surface area contributed by atoms with Crippen molar-refractivity contribution in [1.29, 1.82) is 0 Å². The van der Waals surface area contributed by atoms with Crippen LogP contribution in [0.3, 0.4) is 0 Å². The van der Waals surface area contributed by atoms with Gasteiger partial charge in [-0.25, -0.2) is 8.42 Å². The van der Waals surface area contributed by atoms with Crippen molar-refractivity contribution in [3.63, 3.8) is 0 Å². The van der Waals surface area contributed by atoms with E-state index in [-0.39, 0.29) is 48.5 Å². The summed E-state index contributed by atoms with van der Waals surface area (Å²) in [5.74, 6) is -0.516. The Morgan fingerprint density at radius 2 is 1.59 bits per heavy atom. The minimum atomic E-state index is -3.69. The number of hydrogen-bond acceptors (Lipinski definition) is 4. The maximum Gasteiger partial charge on any atom is 0.243 e. The summed E-state index contributed by atoms with van der Waals surface area (Å²) in [6.07, 6.45) is 1.72. The molecule has 0 heterocycles. The van der Waals surface area contributed by atoms with Crippen LogP contribution in [0.2, 0.25) is 15.1 Å². The molecule has 0 aliphatic carbocycles. The summed E-state index contributed by atoms with van der Waals surface area (Å²) in [6.45, 7) is 7.71. The van der Waals surface area contributed by atoms with Gasteiger partial charge < -0.3 is 10.2 Å². The van der Waals surface area contributed by atoms with Gasteiger partial charge in [0.15, 0.2) is 0 Å². The molecule has 1 unspecified atom stereocenters. The van der Waals surface area contributed by atoms with Crippen molar-refractivity contribution in [2.24, 2.45) is 0 Å². The molecule has 0 aliphatic rings. The van der Waals surface area contributed by atoms with Crippen molar-refractivity contribution >= 4 is 62.3 Å². The number of anilines is 1. The molecule has 0 saturated heterocycles. The first-order chi connectivity index (χ1) is 17.1. The summed E-state index contributed by atoms with van der Waals surface area (Å²) in [5.41, 5.74) is 0.604. The number of carbonyl (C=O) groups is 2. The molecule has 0 aliphatic heterocycles. The van der Waals surface area contributed by atoms with Crippen molar-refractivity contribution in [1.82, 2.24) is 10.2 Å². The van der Waals surface area contributed by atoms with E-state index in [0.717, 1.165) is 16.1 Å². The number of rotatable bonds is 11. The number of sulfonamides is 1. The molecular formula is C26H34Cl3N3O4S. The molecule has 0 fully saturated rings. The van der Waals surface area contributed by atoms with E-state index in [1.54, 1.807) is 23.1 Å². The molecule has 11 heteroatoms. The predicted octanol–water partition coefficient (Wildman–Crippen LogP) is 5.92. The van der Waals surface area contributed by atoms with Crippen LogP contribution in [0.5, 0.6) is 0 Å². The van der Waals surface area contributed by atoms with E-state index in [0.29, 0.717) is 16.5 Å². The molecule has 37 heavy (non-hydrogen) atoms. The smallest absolute Gasteiger partial charge is 0.243 e. The average molecular weight is 591 g/mol. The summed E-state index contributed by atoms with van der Waals surface area (Å²) in [4.78, 5) is 28.1. The van der Waals surface area contributed by atoms with Gasteiger partial charge in [0.05, 0.1) is 17.0 Å². The molecule has 2 amide bonds. The zero-order valence-electron chi connectivity index (χ0n) is 21.7. The summed E-state index contributed by atoms with van der Waals surface area (Å²) in [7, 11) is -3.69. The predicted molar refractivity (Wildman–Crippen MR) is 152 cm³/mol. The van der Waals surface area contributed by atoms with E-state index in [9.17, 15) is 18.0 Å². The monoisotopic (exact) mass is 589 g/mol. The van der Waals surface area contributed by atoms with Crippen LogP contribution in [-0.4, -0.2) is 49.5 Å². The van der Waals surface area contributed by atoms with Crippen LogP contribution in [-0.2, 0) is 26.2 Å². The summed E-state index contributed by atoms with van der Waals surface area (Å²) in [6, 6.07) is 10.9. The second-order valence-electron chi connectivity index (χ2n) is 9.85. The van der Waals surface area contributed by atoms with Crippen molar-refractivity contribution in [2.45, 2.75) is 65.1 Å². The lowest BCUT2D eigenvalue weighted by Gasteiger charge is -2.33. The third-order valence-corrected chi connectivity index (χ3v) is 7.47. The Morgan fingerprint density at radius 1 is 1.00 bits per heavy atom. The average Bonchev–Trinajstić information content (AvgIpc) is 2.77. The number of nitrogens with one attached hydrogen (secondary N) is 1. The number of halogens is 3. The van der Waals surface area contributed by atoms with Crippen LogP contribution in [0.25, 0.3) is 0 Å². The van der Waals surface area contributed by atoms with Crippen molar-refractivity contribution in [2.75, 3.05) is 17.1 Å². The second-order valence-corrected chi connectivity index (χ2v) is 13.0. The summed E-state index contributed by atoms with van der Waals surface area (Å²) < 4.78 is 26.2. The first kappa shape index (κ1) is 31.2. The van der Waals surface area contributed by atoms with Gasteiger partial charge in [0.2, 0.25) is 21.8 Å². The maximum atomic E-state index is 13.5. The van der Waals surface area contributed by atoms with Gasteiger partial charge in [-0.1, -0.05) is 53.9 Å². The molecule has 2 aromatic rings. The van der Waals surface area contributed by atoms with Gasteiger partial charge >= 0.3 is 0 Å². The molecule has 2 aromatic carbocycles. The summed E-state index contributed by atoms with van der Waals surface area (Å²) >= 11 is 18.3. The third kappa shape index (κ3) is 9.67. The van der Waals surface area contributed by atoms with Crippen LogP contribution in [0.15, 0.2) is 42.5 Å². The van der Waals surface area contributed by atoms with Gasteiger partial charge in [0, 0.05) is 35.1 Å². The van der Waals surface area contributed by atoms with E-state index >= 15 is 0 Å². The number of amides is 2. The minimum Gasteiger partial charge on any atom is -0.350 e. The third-order valence-electron chi connectivity index (χ3n) is 5.48. The van der Waals surface area contributed by atoms with Crippen LogP contribution in [0.4, 0.5) is 5.69 Å². The Bertz CT molecular complexity index is 1200. The molecule has 204 valence electrons. The quantitative estimate of drug-likeness (QED) is 0.352. The van der Waals surface area contributed by atoms with Crippen molar-refractivity contribution in [3.05, 3.63) is 63.1 Å². The maximum absolute atomic E-state index is 13.5. The Labute approximate surface area is 235 Å². The van der Waals surface area contributed by atoms with Crippen LogP contribution in [0.1, 0.15) is 52.5 Å². The normalized spacial score (nSPS) is 12.6. The highest BCUT2D eigenvalue weighted by Gasteiger charge is 2.31. The lowest BCUT2D eigenvalue weighted by molar-refractivity contribution is -0.142. The van der Waals surface area contributed by atoms with Crippen LogP contribution < -0.4 is 9.62 Å². The fourth-order valence-electron chi connectivity index (χ4n) is 3.82. The van der Waals surface area contributed by atoms with Crippen molar-refractivity contribution in [3.8, 4) is 0 Å². The number of benzene rings is 2. The highest BCUT2D eigenvalue weighted by Crippen LogP contribution is 2.31. The van der Waals surface area contributed by atoms with E-state index in [1.807, 2.05) is 39.8 Å². The largest absolute Gasteiger partial charge is 0.350 e. The van der Waals surface area contributed by atoms with Gasteiger partial charge in [-0.2, -0.15) is 0 Å². The van der Waals surface area contributed by atoms with E-state index < -0.39 is 21.6 Å². The van der Waals surface area contributed by atoms with Gasteiger partial charge in [-0.05, 0) is 69.5 Å². The molecule has 0 radical (unpaired) electrons. The number of nitrogens with zero attached hydrogens (tertiary/aromatic N) is 2. The fraction of sp³-hybridized carbons (Fsp3) is 0.462. The molecule has 0 bridgehead atoms. The highest BCUT2D eigenvalue weighted by molar-refractivity contribution is 7.92. The van der Waals surface area contributed by atoms with E-state index in [1.165, 1.54) is 12.1 Å². The molecular weight excluding hydrogens is 557 g/mol. The first-order valence-electron chi connectivity index (χ1n) is 11.9. The van der Waals surface area contributed by atoms with Gasteiger partial charge in [0.1, 0.15) is 6.04 Å². The van der Waals surface area contributed by atoms with E-state index in [2.05, 4.69) is 5.32 Å². The van der Waals surface area contributed by atoms with Gasteiger partial charge in [-0.3, -0.25) is 13.9 Å². The fourth-order valence-corrected chi connectivity index (χ4v) is 5.35. The molecule has 1 N–H and O–H groups in total. The Hall–Kier alpha value is -2.00. The second kappa shape index (κ2) is 13.2. The number of hydrogen-bond donors (Lipinski definition) is 1. The number of carbonyl (C=O) groups excluding carboxylic acids is 2. The molecule has 1 atom stereocenters. The molecule has 0 aromatic heterocycles. The zero-order valence-corrected chi connectivity index (χ0v) is 24.8. The standard InChI is InChI=1S/C26H34Cl3N3O4S/c1-6-22(25(34)30-26(2,3)4)31(17-18-9-11-19(27)12-10-18)24(33)8-7-15-32(37(5,35)36)23-16-20(28)13-14-21(23)29/h9-14,16,22H,6-8,15,17H2,1-5H3,(H,30,34). The molecule has 0 saturated carbocycles. The lowest BCUT2D eigenvalue weighted by Crippen LogP contribution is -2.53. The Kier molecular flexibility index (Phi) is 11.1. The minimum absolute atomic E-state index is 0.0183. The van der Waals surface area contributed by atoms with Gasteiger partial charge in [-0.15, -0.1) is 0 Å². The Balaban J connectivity index is 2.27. The van der Waals surface area contributed by atoms with Crippen LogP contribution >= 0.6 is 34.8 Å². The molecule has 7 nitrogen and oxygen atoms in total. The Morgan fingerprint density at radius 3 is 2.14 bits per heavy atom. The SMILES string of the molecule is CCC(C(=O)NC(C)(C)C)N(Cc1ccc(Cl)cc1)C(=O)CCCN(c1cc(Cl)ccc1Cl)S(C)(=O)=O. The van der Waals surface area contributed by atoms with Crippen molar-refractivity contribution < 1.29 is 18.0 Å². The lowest BCUT2D eigenvalue weighted by atomic mass is 10.0. The molecule has 0 spiro atoms. The zero-order chi connectivity index (χ0) is 28.0. The highest BCUT2D eigenvalue weighted by atomic mass is 35.5. The summed E-state index contributed by atoms with van der Waals surface area (Å²) in [5, 5.41) is 4.10. The van der Waals surface area contributed by atoms with Crippen LogP contribution in [0, 0.1) is 0 Å². The first-order valence-corrected chi connectivity index (χ1v) is 14.9. The van der Waals surface area contributed by atoms with Gasteiger partial charge in [0.25, 0.3) is 0 Å². The molecule has 2 rings (SSSR count). The van der Waals surface area contributed by atoms with E-state index in [4.69, 9.17) is 34.8 Å². The topological polar surface area (TPSA) is 86.8 Å².